The summed E-state index contributed by atoms with van der Waals surface area (Å²) >= 11 is 0. The third-order valence-electron chi connectivity index (χ3n) is 0.695. The van der Waals surface area contributed by atoms with Crippen LogP contribution in [0, 0.1) is 0 Å². The second-order valence-corrected chi connectivity index (χ2v) is 1.13. The highest BCUT2D eigenvalue weighted by atomic mass is 16.3. The Morgan fingerprint density at radius 3 is 2.33 bits per heavy atom. The van der Waals surface area contributed by atoms with Crippen LogP contribution in [0.3, 0.4) is 0 Å². The number of aliphatic hydroxyl groups excluding tert-OH is 1. The molecule has 1 heteroatoms. The summed E-state index contributed by atoms with van der Waals surface area (Å²) in [4.78, 5) is 0. The zero-order valence-electron chi connectivity index (χ0n) is 4.23. The summed E-state index contributed by atoms with van der Waals surface area (Å²) in [5.74, 6) is 0.468. The second kappa shape index (κ2) is 2.76. The minimum atomic E-state index is 0.468. The van der Waals surface area contributed by atoms with E-state index in [1.54, 1.807) is 6.08 Å². The Morgan fingerprint density at radius 1 is 1.83 bits per heavy atom. The lowest BCUT2D eigenvalue weighted by Crippen LogP contribution is -1.70. The van der Waals surface area contributed by atoms with Gasteiger partial charge in [-0.1, -0.05) is 6.92 Å². The highest BCUT2D eigenvalue weighted by Crippen LogP contribution is 1.89. The van der Waals surface area contributed by atoms with Crippen LogP contribution in [0.5, 0.6) is 0 Å². The Kier molecular flexibility index (Phi) is 2.55. The van der Waals surface area contributed by atoms with E-state index < -0.39 is 0 Å². The lowest BCUT2D eigenvalue weighted by Gasteiger charge is -1.84. The highest BCUT2D eigenvalue weighted by molar-refractivity contribution is 4.84. The fraction of sp³-hybridized carbons (Fsp3) is 0.600. The summed E-state index contributed by atoms with van der Waals surface area (Å²) < 4.78 is 0. The van der Waals surface area contributed by atoms with Crippen LogP contribution in [-0.2, 0) is 0 Å². The summed E-state index contributed by atoms with van der Waals surface area (Å²) in [6, 6.07) is 0. The van der Waals surface area contributed by atoms with E-state index in [1.807, 2.05) is 13.8 Å². The average molecular weight is 86.1 g/mol. The molecule has 1 N–H and O–H groups in total. The van der Waals surface area contributed by atoms with Crippen LogP contribution in [-0.4, -0.2) is 5.11 Å². The van der Waals surface area contributed by atoms with Crippen molar-refractivity contribution in [2.45, 2.75) is 20.3 Å². The topological polar surface area (TPSA) is 20.2 Å². The molecule has 0 rings (SSSR count). The fourth-order valence-corrected chi connectivity index (χ4v) is 0.204. The number of allylic oxidation sites excluding steroid dienone is 2. The van der Waals surface area contributed by atoms with Crippen LogP contribution in [0.1, 0.15) is 20.3 Å². The first kappa shape index (κ1) is 5.54. The normalized spacial score (nSPS) is 12.0. The van der Waals surface area contributed by atoms with Gasteiger partial charge in [0.2, 0.25) is 0 Å². The maximum atomic E-state index is 8.53. The molecule has 0 saturated carbocycles. The second-order valence-electron chi connectivity index (χ2n) is 1.13. The van der Waals surface area contributed by atoms with E-state index in [0.29, 0.717) is 5.76 Å². The number of aliphatic hydroxyl groups is 1. The van der Waals surface area contributed by atoms with Crippen LogP contribution in [0.2, 0.25) is 0 Å². The van der Waals surface area contributed by atoms with Crippen molar-refractivity contribution in [1.29, 1.82) is 0 Å². The summed E-state index contributed by atoms with van der Waals surface area (Å²) in [5, 5.41) is 8.53. The van der Waals surface area contributed by atoms with Gasteiger partial charge in [-0.15, -0.1) is 0 Å². The third-order valence-corrected chi connectivity index (χ3v) is 0.695. The van der Waals surface area contributed by atoms with Crippen molar-refractivity contribution in [1.82, 2.24) is 0 Å². The van der Waals surface area contributed by atoms with Crippen molar-refractivity contribution in [2.75, 3.05) is 0 Å². The average Bonchev–Trinajstić information content (AvgIpc) is 1.65. The molecule has 1 nitrogen and oxygen atoms in total. The molecule has 0 amide bonds. The summed E-state index contributed by atoms with van der Waals surface area (Å²) in [5.41, 5.74) is 0. The molecule has 0 spiro atoms. The van der Waals surface area contributed by atoms with E-state index in [0.717, 1.165) is 6.42 Å². The molecule has 0 aromatic heterocycles. The minimum absolute atomic E-state index is 0.468. The van der Waals surface area contributed by atoms with Crippen LogP contribution in [0.4, 0.5) is 0 Å². The van der Waals surface area contributed by atoms with E-state index in [4.69, 9.17) is 5.11 Å². The lowest BCUT2D eigenvalue weighted by molar-refractivity contribution is 0.393. The van der Waals surface area contributed by atoms with Gasteiger partial charge in [-0.25, -0.2) is 0 Å². The maximum absolute atomic E-state index is 8.53. The van der Waals surface area contributed by atoms with Crippen molar-refractivity contribution in [3.8, 4) is 0 Å². The zero-order valence-corrected chi connectivity index (χ0v) is 4.23. The summed E-state index contributed by atoms with van der Waals surface area (Å²) in [6.45, 7) is 3.73. The first-order valence-corrected chi connectivity index (χ1v) is 2.15. The molecule has 0 aliphatic rings. The Morgan fingerprint density at radius 2 is 2.33 bits per heavy atom. The van der Waals surface area contributed by atoms with Gasteiger partial charge in [0.1, 0.15) is 0 Å². The highest BCUT2D eigenvalue weighted by Gasteiger charge is 1.76. The van der Waals surface area contributed by atoms with E-state index in [-0.39, 0.29) is 0 Å². The van der Waals surface area contributed by atoms with E-state index in [2.05, 4.69) is 0 Å². The molecule has 0 aromatic rings. The predicted molar refractivity (Wildman–Crippen MR) is 26.7 cm³/mol. The molecule has 6 heavy (non-hydrogen) atoms. The van der Waals surface area contributed by atoms with E-state index >= 15 is 0 Å². The van der Waals surface area contributed by atoms with E-state index in [1.165, 1.54) is 0 Å². The van der Waals surface area contributed by atoms with Crippen LogP contribution < -0.4 is 0 Å². The molecule has 0 aliphatic heterocycles. The minimum Gasteiger partial charge on any atom is -0.513 e. The van der Waals surface area contributed by atoms with Crippen molar-refractivity contribution >= 4 is 0 Å². The molecule has 0 bridgehead atoms. The molecule has 0 heterocycles. The predicted octanol–water partition coefficient (Wildman–Crippen LogP) is 1.86. The maximum Gasteiger partial charge on any atom is 0.0877 e. The number of hydrogen-bond donors (Lipinski definition) is 1. The molecule has 0 unspecified atom stereocenters. The monoisotopic (exact) mass is 86.1 g/mol. The van der Waals surface area contributed by atoms with Gasteiger partial charge in [0.25, 0.3) is 0 Å². The molecule has 0 fully saturated rings. The number of rotatable bonds is 1. The zero-order chi connectivity index (χ0) is 4.99. The first-order chi connectivity index (χ1) is 2.81. The molecule has 0 aromatic carbocycles. The SMILES string of the molecule is C/C=C(\O)CC. The molecule has 0 radical (unpaired) electrons. The summed E-state index contributed by atoms with van der Waals surface area (Å²) in [6.07, 6.45) is 2.44. The van der Waals surface area contributed by atoms with Crippen molar-refractivity contribution in [3.05, 3.63) is 11.8 Å². The fourth-order valence-electron chi connectivity index (χ4n) is 0.204. The molecular weight excluding hydrogens is 76.1 g/mol. The molecule has 36 valence electrons. The van der Waals surface area contributed by atoms with Crippen molar-refractivity contribution in [2.24, 2.45) is 0 Å². The van der Waals surface area contributed by atoms with E-state index in [9.17, 15) is 0 Å². The van der Waals surface area contributed by atoms with Crippen LogP contribution >= 0.6 is 0 Å². The van der Waals surface area contributed by atoms with Crippen molar-refractivity contribution < 1.29 is 5.11 Å². The van der Waals surface area contributed by atoms with Gasteiger partial charge >= 0.3 is 0 Å². The van der Waals surface area contributed by atoms with Gasteiger partial charge in [0.15, 0.2) is 0 Å². The van der Waals surface area contributed by atoms with Gasteiger partial charge in [-0.2, -0.15) is 0 Å². The Hall–Kier alpha value is -0.460. The quantitative estimate of drug-likeness (QED) is 0.483. The standard InChI is InChI=1S/C5H10O/c1-3-5(6)4-2/h3,6H,4H2,1-2H3/b5-3-. The summed E-state index contributed by atoms with van der Waals surface area (Å²) in [7, 11) is 0. The van der Waals surface area contributed by atoms with Crippen LogP contribution in [0.25, 0.3) is 0 Å². The largest absolute Gasteiger partial charge is 0.513 e. The van der Waals surface area contributed by atoms with Crippen molar-refractivity contribution in [3.63, 3.8) is 0 Å². The van der Waals surface area contributed by atoms with Gasteiger partial charge < -0.3 is 5.11 Å². The third kappa shape index (κ3) is 1.82. The molecule has 0 saturated heterocycles. The Bertz CT molecular complexity index is 55.0. The lowest BCUT2D eigenvalue weighted by atomic mass is 10.4. The Balaban J connectivity index is 3.22. The molecular formula is C5H10O. The van der Waals surface area contributed by atoms with Crippen LogP contribution in [0.15, 0.2) is 11.8 Å². The molecule has 0 aliphatic carbocycles. The van der Waals surface area contributed by atoms with Gasteiger partial charge in [0, 0.05) is 6.42 Å². The Labute approximate surface area is 38.3 Å². The van der Waals surface area contributed by atoms with Gasteiger partial charge in [-0.05, 0) is 13.0 Å². The van der Waals surface area contributed by atoms with Gasteiger partial charge in [-0.3, -0.25) is 0 Å². The smallest absolute Gasteiger partial charge is 0.0877 e. The number of hydrogen-bond acceptors (Lipinski definition) is 1. The first-order valence-electron chi connectivity index (χ1n) is 2.15. The van der Waals surface area contributed by atoms with Gasteiger partial charge in [0.05, 0.1) is 5.76 Å². The molecule has 0 atom stereocenters.